The Hall–Kier alpha value is -3.05. The van der Waals surface area contributed by atoms with Gasteiger partial charge in [-0.3, -0.25) is 9.69 Å². The van der Waals surface area contributed by atoms with Crippen molar-refractivity contribution in [1.82, 2.24) is 0 Å². The molecule has 0 saturated carbocycles. The first-order valence-corrected chi connectivity index (χ1v) is 12.2. The maximum absolute atomic E-state index is 13.6. The van der Waals surface area contributed by atoms with Gasteiger partial charge in [0, 0.05) is 33.1 Å². The van der Waals surface area contributed by atoms with E-state index in [2.05, 4.69) is 26.8 Å². The number of ketones is 1. The number of Topliss-reactive ketones (excluding diaryl/α,β-unsaturated/α-hetero) is 1. The third kappa shape index (κ3) is 4.50. The van der Waals surface area contributed by atoms with Crippen molar-refractivity contribution in [3.05, 3.63) is 74.4 Å². The molecule has 1 aromatic heterocycles. The molecular weight excluding hydrogens is 471 g/mol. The van der Waals surface area contributed by atoms with Crippen LogP contribution in [0.25, 0.3) is 0 Å². The Bertz CT molecular complexity index is 1300. The maximum atomic E-state index is 13.6. The Kier molecular flexibility index (Phi) is 5.92. The van der Waals surface area contributed by atoms with Crippen LogP contribution in [0, 0.1) is 16.7 Å². The summed E-state index contributed by atoms with van der Waals surface area (Å²) in [6.45, 7) is 10.2. The highest BCUT2D eigenvalue weighted by Crippen LogP contribution is 2.52. The molecule has 1 aliphatic carbocycles. The lowest BCUT2D eigenvalue weighted by Gasteiger charge is -2.43. The number of allylic oxidation sites excluding steroid dienone is 3. The Morgan fingerprint density at radius 3 is 2.40 bits per heavy atom. The van der Waals surface area contributed by atoms with E-state index in [0.717, 1.165) is 21.9 Å². The topological polar surface area (TPSA) is 70.1 Å². The van der Waals surface area contributed by atoms with Crippen LogP contribution < -0.4 is 10.6 Å². The van der Waals surface area contributed by atoms with Gasteiger partial charge in [0.15, 0.2) is 5.78 Å². The highest BCUT2D eigenvalue weighted by Gasteiger charge is 2.45. The molecule has 0 bridgehead atoms. The van der Waals surface area contributed by atoms with Crippen molar-refractivity contribution >= 4 is 22.8 Å². The molecule has 1 aliphatic heterocycles. The van der Waals surface area contributed by atoms with Crippen molar-refractivity contribution in [2.45, 2.75) is 65.0 Å². The van der Waals surface area contributed by atoms with E-state index in [4.69, 9.17) is 5.73 Å². The highest BCUT2D eigenvalue weighted by molar-refractivity contribution is 7.12. The zero-order valence-electron chi connectivity index (χ0n) is 20.4. The molecule has 184 valence electrons. The highest BCUT2D eigenvalue weighted by atomic mass is 32.1. The molecule has 2 heterocycles. The SMILES string of the molecule is CC1(C)CC(=O)C2=C(C1)N(c1cccc(C(F)(F)F)c1)C(N)=C(C#N)C2c1ccc(C(C)(C)C)s1. The van der Waals surface area contributed by atoms with Gasteiger partial charge in [0.05, 0.1) is 23.1 Å². The summed E-state index contributed by atoms with van der Waals surface area (Å²) in [5, 5.41) is 10.2. The molecule has 8 heteroatoms. The molecular formula is C27H28F3N3OS. The predicted octanol–water partition coefficient (Wildman–Crippen LogP) is 7.01. The molecule has 0 radical (unpaired) electrons. The van der Waals surface area contributed by atoms with Crippen LogP contribution >= 0.6 is 11.3 Å². The second-order valence-electron chi connectivity index (χ2n) is 11.0. The molecule has 35 heavy (non-hydrogen) atoms. The van der Waals surface area contributed by atoms with Gasteiger partial charge in [-0.1, -0.05) is 40.7 Å². The lowest BCUT2D eigenvalue weighted by molar-refractivity contribution is -0.137. The number of halogens is 3. The van der Waals surface area contributed by atoms with Gasteiger partial charge in [-0.15, -0.1) is 11.3 Å². The van der Waals surface area contributed by atoms with Crippen LogP contribution in [-0.2, 0) is 16.4 Å². The monoisotopic (exact) mass is 499 g/mol. The van der Waals surface area contributed by atoms with Crippen LogP contribution in [0.3, 0.4) is 0 Å². The molecule has 1 unspecified atom stereocenters. The number of carbonyl (C=O) groups is 1. The van der Waals surface area contributed by atoms with Crippen LogP contribution in [0.2, 0.25) is 0 Å². The number of anilines is 1. The minimum atomic E-state index is -4.54. The van der Waals surface area contributed by atoms with Crippen molar-refractivity contribution in [2.75, 3.05) is 4.90 Å². The van der Waals surface area contributed by atoms with Gasteiger partial charge in [0.1, 0.15) is 5.82 Å². The van der Waals surface area contributed by atoms with Gasteiger partial charge in [0.25, 0.3) is 0 Å². The summed E-state index contributed by atoms with van der Waals surface area (Å²) >= 11 is 1.53. The number of hydrogen-bond acceptors (Lipinski definition) is 5. The van der Waals surface area contributed by atoms with Gasteiger partial charge >= 0.3 is 6.18 Å². The molecule has 4 rings (SSSR count). The van der Waals surface area contributed by atoms with E-state index in [0.29, 0.717) is 17.7 Å². The average molecular weight is 500 g/mol. The minimum Gasteiger partial charge on any atom is -0.384 e. The largest absolute Gasteiger partial charge is 0.416 e. The Balaban J connectivity index is 1.97. The van der Waals surface area contributed by atoms with E-state index < -0.39 is 23.1 Å². The normalized spacial score (nSPS) is 20.7. The fourth-order valence-corrected chi connectivity index (χ4v) is 6.01. The molecule has 0 spiro atoms. The first kappa shape index (κ1) is 25.1. The summed E-state index contributed by atoms with van der Waals surface area (Å²) in [7, 11) is 0. The second-order valence-corrected chi connectivity index (χ2v) is 12.1. The van der Waals surface area contributed by atoms with E-state index >= 15 is 0 Å². The standard InChI is InChI=1S/C27H28F3N3OS/c1-25(2,3)21-10-9-20(35-21)22-17(14-31)24(32)33(16-8-6-7-15(11-16)27(28,29)30)18-12-26(4,5)13-19(34)23(18)22/h6-11,22H,12-13,32H2,1-5H3. The lowest BCUT2D eigenvalue weighted by atomic mass is 9.69. The van der Waals surface area contributed by atoms with E-state index in [9.17, 15) is 23.2 Å². The van der Waals surface area contributed by atoms with Crippen molar-refractivity contribution in [3.8, 4) is 6.07 Å². The van der Waals surface area contributed by atoms with E-state index in [1.54, 1.807) is 0 Å². The van der Waals surface area contributed by atoms with Gasteiger partial charge in [-0.05, 0) is 47.6 Å². The maximum Gasteiger partial charge on any atom is 0.416 e. The Labute approximate surface area is 207 Å². The number of rotatable bonds is 2. The molecule has 2 aliphatic rings. The number of carbonyl (C=O) groups excluding carboxylic acids is 1. The van der Waals surface area contributed by atoms with Crippen molar-refractivity contribution in [2.24, 2.45) is 11.1 Å². The van der Waals surface area contributed by atoms with E-state index in [1.807, 2.05) is 26.0 Å². The molecule has 1 atom stereocenters. The smallest absolute Gasteiger partial charge is 0.384 e. The number of nitriles is 1. The van der Waals surface area contributed by atoms with Gasteiger partial charge in [0.2, 0.25) is 0 Å². The quantitative estimate of drug-likeness (QED) is 0.483. The van der Waals surface area contributed by atoms with Gasteiger partial charge in [-0.2, -0.15) is 18.4 Å². The summed E-state index contributed by atoms with van der Waals surface area (Å²) < 4.78 is 40.5. The summed E-state index contributed by atoms with van der Waals surface area (Å²) in [6, 6.07) is 11.0. The third-order valence-electron chi connectivity index (χ3n) is 6.46. The summed E-state index contributed by atoms with van der Waals surface area (Å²) in [6.07, 6.45) is -3.81. The number of hydrogen-bond donors (Lipinski definition) is 1. The number of benzene rings is 1. The number of thiophene rings is 1. The molecule has 2 N–H and O–H groups in total. The van der Waals surface area contributed by atoms with Crippen LogP contribution in [0.15, 0.2) is 59.1 Å². The molecule has 1 aromatic carbocycles. The summed E-state index contributed by atoms with van der Waals surface area (Å²) in [5.41, 5.74) is 6.59. The van der Waals surface area contributed by atoms with Crippen LogP contribution in [0.5, 0.6) is 0 Å². The van der Waals surface area contributed by atoms with Crippen LogP contribution in [0.4, 0.5) is 18.9 Å². The van der Waals surface area contributed by atoms with Crippen LogP contribution in [0.1, 0.15) is 68.7 Å². The van der Waals surface area contributed by atoms with E-state index in [1.165, 1.54) is 28.4 Å². The second kappa shape index (κ2) is 8.27. The van der Waals surface area contributed by atoms with E-state index in [-0.39, 0.29) is 34.7 Å². The van der Waals surface area contributed by atoms with Crippen LogP contribution in [-0.4, -0.2) is 5.78 Å². The fraction of sp³-hybridized carbons (Fsp3) is 0.407. The molecule has 2 aromatic rings. The molecule has 0 saturated heterocycles. The van der Waals surface area contributed by atoms with Crippen molar-refractivity contribution in [3.63, 3.8) is 0 Å². The van der Waals surface area contributed by atoms with Gasteiger partial charge in [-0.25, -0.2) is 0 Å². The number of alkyl halides is 3. The lowest BCUT2D eigenvalue weighted by Crippen LogP contribution is -2.42. The van der Waals surface area contributed by atoms with Crippen molar-refractivity contribution in [1.29, 1.82) is 5.26 Å². The molecule has 0 amide bonds. The summed E-state index contributed by atoms with van der Waals surface area (Å²) in [5.74, 6) is -0.683. The predicted molar refractivity (Wildman–Crippen MR) is 132 cm³/mol. The number of nitrogens with two attached hydrogens (primary N) is 1. The Morgan fingerprint density at radius 1 is 1.14 bits per heavy atom. The number of nitrogens with zero attached hydrogens (tertiary/aromatic N) is 2. The van der Waals surface area contributed by atoms with Crippen molar-refractivity contribution < 1.29 is 18.0 Å². The Morgan fingerprint density at radius 2 is 1.83 bits per heavy atom. The third-order valence-corrected chi connectivity index (χ3v) is 8.04. The first-order valence-electron chi connectivity index (χ1n) is 11.4. The fourth-order valence-electron chi connectivity index (χ4n) is 4.82. The summed E-state index contributed by atoms with van der Waals surface area (Å²) in [4.78, 5) is 17.0. The zero-order chi connectivity index (χ0) is 25.9. The molecule has 0 fully saturated rings. The zero-order valence-corrected chi connectivity index (χ0v) is 21.2. The molecule has 4 nitrogen and oxygen atoms in total. The van der Waals surface area contributed by atoms with Gasteiger partial charge < -0.3 is 5.73 Å². The first-order chi connectivity index (χ1) is 16.1. The average Bonchev–Trinajstić information content (AvgIpc) is 3.22. The minimum absolute atomic E-state index is 0.0618.